The second-order valence-corrected chi connectivity index (χ2v) is 22.6. The highest BCUT2D eigenvalue weighted by molar-refractivity contribution is 6.77. The van der Waals surface area contributed by atoms with Crippen molar-refractivity contribution in [3.8, 4) is 0 Å². The third-order valence-electron chi connectivity index (χ3n) is 11.9. The summed E-state index contributed by atoms with van der Waals surface area (Å²) in [4.78, 5) is 13.1. The highest BCUT2D eigenvalue weighted by Crippen LogP contribution is 2.43. The predicted molar refractivity (Wildman–Crippen MR) is 241 cm³/mol. The molecule has 2 heterocycles. The molecule has 62 heavy (non-hydrogen) atoms. The Kier molecular flexibility index (Phi) is 17.9. The maximum atomic E-state index is 13.1. The summed E-state index contributed by atoms with van der Waals surface area (Å²) in [6, 6.07) is 39.8. The molecule has 4 aromatic carbocycles. The molecule has 334 valence electrons. The first-order chi connectivity index (χ1) is 30.0. The van der Waals surface area contributed by atoms with Crippen molar-refractivity contribution in [1.29, 1.82) is 0 Å². The Balaban J connectivity index is 1.33. The first-order valence-corrected chi connectivity index (χ1v) is 24.2. The molecule has 2 aliphatic heterocycles. The van der Waals surface area contributed by atoms with E-state index in [1.54, 1.807) is 6.26 Å². The van der Waals surface area contributed by atoms with Crippen LogP contribution in [0.4, 0.5) is 0 Å². The number of carbonyl (C=O) groups is 1. The molecule has 0 bridgehead atoms. The van der Waals surface area contributed by atoms with E-state index in [4.69, 9.17) is 42.3 Å². The van der Waals surface area contributed by atoms with Crippen molar-refractivity contribution in [1.82, 2.24) is 0 Å². The fourth-order valence-electron chi connectivity index (χ4n) is 8.96. The van der Waals surface area contributed by atoms with Gasteiger partial charge in [-0.3, -0.25) is 4.79 Å². The Morgan fingerprint density at radius 2 is 1.02 bits per heavy atom. The van der Waals surface area contributed by atoms with Crippen LogP contribution in [0.3, 0.4) is 0 Å². The topological polar surface area (TPSA) is 100 Å². The van der Waals surface area contributed by atoms with E-state index in [1.165, 1.54) is 6.92 Å². The van der Waals surface area contributed by atoms with Crippen LogP contribution in [0.5, 0.6) is 0 Å². The van der Waals surface area contributed by atoms with Crippen LogP contribution in [0, 0.1) is 0 Å². The number of benzene rings is 4. The van der Waals surface area contributed by atoms with Crippen molar-refractivity contribution < 1.29 is 47.1 Å². The summed E-state index contributed by atoms with van der Waals surface area (Å²) in [7, 11) is -2.28. The average molecular weight is 867 g/mol. The lowest BCUT2D eigenvalue weighted by Gasteiger charge is -2.47. The highest BCUT2D eigenvalue weighted by atomic mass is 28.4. The lowest BCUT2D eigenvalue weighted by molar-refractivity contribution is -0.333. The smallest absolute Gasteiger partial charge is 0.303 e. The van der Waals surface area contributed by atoms with Gasteiger partial charge >= 0.3 is 5.97 Å². The Hall–Kier alpha value is -4.17. The average Bonchev–Trinajstić information content (AvgIpc) is 3.27. The largest absolute Gasteiger partial charge is 0.493 e. The van der Waals surface area contributed by atoms with Gasteiger partial charge < -0.3 is 42.3 Å². The zero-order valence-electron chi connectivity index (χ0n) is 37.4. The quantitative estimate of drug-likeness (QED) is 0.0561. The summed E-state index contributed by atoms with van der Waals surface area (Å²) in [5.41, 5.74) is 5.08. The molecule has 0 radical (unpaired) electrons. The van der Waals surface area contributed by atoms with Gasteiger partial charge in [-0.15, -0.1) is 0 Å². The molecule has 1 saturated heterocycles. The summed E-state index contributed by atoms with van der Waals surface area (Å²) in [6.45, 7) is 16.6. The van der Waals surface area contributed by atoms with Crippen LogP contribution < -0.4 is 0 Å². The molecule has 2 aliphatic rings. The van der Waals surface area contributed by atoms with Crippen molar-refractivity contribution in [2.75, 3.05) is 13.2 Å². The van der Waals surface area contributed by atoms with Gasteiger partial charge in [-0.1, -0.05) is 163 Å². The molecule has 0 aliphatic carbocycles. The van der Waals surface area contributed by atoms with E-state index in [0.29, 0.717) is 36.4 Å². The second kappa shape index (κ2) is 23.5. The fraction of sp³-hybridized carbons (Fsp3) is 0.471. The van der Waals surface area contributed by atoms with E-state index in [9.17, 15) is 4.79 Å². The van der Waals surface area contributed by atoms with E-state index in [0.717, 1.165) is 22.3 Å². The van der Waals surface area contributed by atoms with Gasteiger partial charge in [-0.05, 0) is 45.0 Å². The molecule has 0 unspecified atom stereocenters. The van der Waals surface area contributed by atoms with Gasteiger partial charge in [0.1, 0.15) is 36.6 Å². The number of ether oxygens (including phenoxy) is 8. The molecule has 6 rings (SSSR count). The van der Waals surface area contributed by atoms with Gasteiger partial charge in [0.15, 0.2) is 12.4 Å². The summed E-state index contributed by atoms with van der Waals surface area (Å²) in [5, 5.41) is 0. The van der Waals surface area contributed by atoms with E-state index < -0.39 is 63.3 Å². The van der Waals surface area contributed by atoms with Crippen LogP contribution in [0.15, 0.2) is 134 Å². The second-order valence-electron chi connectivity index (χ2n) is 17.1. The van der Waals surface area contributed by atoms with Crippen LogP contribution in [0.1, 0.15) is 70.7 Å². The first-order valence-electron chi connectivity index (χ1n) is 22.1. The van der Waals surface area contributed by atoms with Crippen LogP contribution in [0.2, 0.25) is 16.6 Å². The zero-order valence-corrected chi connectivity index (χ0v) is 38.4. The maximum Gasteiger partial charge on any atom is 0.303 e. The number of hydrogen-bond donors (Lipinski definition) is 0. The highest BCUT2D eigenvalue weighted by Gasteiger charge is 2.52. The zero-order chi connectivity index (χ0) is 43.9. The third-order valence-corrected chi connectivity index (χ3v) is 17.9. The Labute approximate surface area is 369 Å². The molecule has 0 aromatic heterocycles. The molecule has 4 aromatic rings. The van der Waals surface area contributed by atoms with Crippen molar-refractivity contribution in [2.24, 2.45) is 0 Å². The molecule has 8 atom stereocenters. The molecular weight excluding hydrogens is 801 g/mol. The Bertz CT molecular complexity index is 1890. The minimum Gasteiger partial charge on any atom is -0.493 e. The van der Waals surface area contributed by atoms with Crippen molar-refractivity contribution in [3.05, 3.63) is 156 Å². The lowest BCUT2D eigenvalue weighted by atomic mass is 9.97. The Morgan fingerprint density at radius 1 is 0.565 bits per heavy atom. The molecule has 11 heteroatoms. The predicted octanol–water partition coefficient (Wildman–Crippen LogP) is 10.1. The SMILES string of the molecule is CC(=O)O[C@H]1[C@H](O[C@@H]2C=CO[C@H](CO[Si](C(C)C)(C(C)C)C(C)C)[C@@H]2OCc2ccccc2)O[C@H](COCc2ccccc2)[C@H](OCc2ccccc2)[C@@H]1OCc1ccccc1. The molecule has 1 fully saturated rings. The third kappa shape index (κ3) is 12.7. The number of esters is 1. The number of carbonyl (C=O) groups excluding carboxylic acids is 1. The van der Waals surface area contributed by atoms with Gasteiger partial charge in [0.2, 0.25) is 8.32 Å². The molecule has 0 saturated carbocycles. The minimum atomic E-state index is -2.28. The van der Waals surface area contributed by atoms with Crippen molar-refractivity contribution in [2.45, 2.75) is 141 Å². The van der Waals surface area contributed by atoms with Gasteiger partial charge in [0, 0.05) is 6.92 Å². The standard InChI is InChI=1S/C51H66O10Si/c1-36(2)62(37(3)4,38(5)6)58-35-45-47(55-31-41-22-14-9-15-23-41)44(28-29-54-45)60-51-50(59-39(7)52)49(57-33-43-26-18-11-19-27-43)48(56-32-42-24-16-10-17-25-42)46(61-51)34-53-30-40-20-12-8-13-21-40/h8-29,36-38,44-51H,30-35H2,1-7H3/t44-,45-,46-,47-,48+,49+,50-,51-/m1/s1. The normalized spacial score (nSPS) is 24.0. The van der Waals surface area contributed by atoms with E-state index in [1.807, 2.05) is 127 Å². The van der Waals surface area contributed by atoms with E-state index in [-0.39, 0.29) is 19.8 Å². The molecule has 0 amide bonds. The van der Waals surface area contributed by atoms with Crippen LogP contribution in [-0.2, 0) is 73.5 Å². The summed E-state index contributed by atoms with van der Waals surface area (Å²) < 4.78 is 60.2. The van der Waals surface area contributed by atoms with Crippen molar-refractivity contribution in [3.63, 3.8) is 0 Å². The molecule has 10 nitrogen and oxygen atoms in total. The van der Waals surface area contributed by atoms with Gasteiger partial charge in [0.05, 0.1) is 45.9 Å². The molecular formula is C51H66O10Si. The molecule has 0 N–H and O–H groups in total. The summed E-state index contributed by atoms with van der Waals surface area (Å²) in [6.07, 6.45) is -2.74. The van der Waals surface area contributed by atoms with Crippen LogP contribution in [0.25, 0.3) is 0 Å². The minimum absolute atomic E-state index is 0.145. The van der Waals surface area contributed by atoms with Crippen LogP contribution in [-0.4, -0.2) is 76.5 Å². The van der Waals surface area contributed by atoms with E-state index >= 15 is 0 Å². The lowest BCUT2D eigenvalue weighted by Crippen LogP contribution is -2.63. The van der Waals surface area contributed by atoms with E-state index in [2.05, 4.69) is 41.5 Å². The Morgan fingerprint density at radius 3 is 1.48 bits per heavy atom. The number of hydrogen-bond acceptors (Lipinski definition) is 10. The summed E-state index contributed by atoms with van der Waals surface area (Å²) >= 11 is 0. The first kappa shape index (κ1) is 47.3. The number of rotatable bonds is 22. The van der Waals surface area contributed by atoms with Crippen LogP contribution >= 0.6 is 0 Å². The van der Waals surface area contributed by atoms with Crippen molar-refractivity contribution >= 4 is 14.3 Å². The summed E-state index contributed by atoms with van der Waals surface area (Å²) in [5.74, 6) is -0.510. The maximum absolute atomic E-state index is 13.1. The monoisotopic (exact) mass is 866 g/mol. The molecule has 0 spiro atoms. The van der Waals surface area contributed by atoms with Gasteiger partial charge in [0.25, 0.3) is 0 Å². The fourth-order valence-corrected chi connectivity index (χ4v) is 14.4. The van der Waals surface area contributed by atoms with Gasteiger partial charge in [-0.25, -0.2) is 0 Å². The van der Waals surface area contributed by atoms with Gasteiger partial charge in [-0.2, -0.15) is 0 Å².